The molecule has 4 atom stereocenters. The van der Waals surface area contributed by atoms with E-state index in [9.17, 15) is 15.0 Å². The molecule has 24 heavy (non-hydrogen) atoms. The molecule has 0 spiro atoms. The van der Waals surface area contributed by atoms with Crippen LogP contribution in [0.2, 0.25) is 39.3 Å². The van der Waals surface area contributed by atoms with E-state index in [1.807, 2.05) is 39.3 Å². The molecule has 1 aromatic rings. The van der Waals surface area contributed by atoms with E-state index in [0.29, 0.717) is 0 Å². The molecule has 136 valence electrons. The number of ether oxygens (including phenoxy) is 1. The minimum absolute atomic E-state index is 0.147. The summed E-state index contributed by atoms with van der Waals surface area (Å²) in [7, 11) is -4.10. The Balaban J connectivity index is 2.46. The van der Waals surface area contributed by atoms with Gasteiger partial charge in [0.25, 0.3) is 0 Å². The molecule has 0 amide bonds. The number of rotatable bonds is 4. The van der Waals surface area contributed by atoms with Crippen LogP contribution in [0.1, 0.15) is 12.6 Å². The zero-order chi connectivity index (χ0) is 18.5. The fourth-order valence-electron chi connectivity index (χ4n) is 3.04. The molecule has 0 radical (unpaired) electrons. The molecule has 0 saturated carbocycles. The van der Waals surface area contributed by atoms with E-state index in [1.54, 1.807) is 0 Å². The van der Waals surface area contributed by atoms with E-state index in [-0.39, 0.29) is 12.2 Å². The topological polar surface area (TPSA) is 111 Å². The molecule has 1 aromatic heterocycles. The highest BCUT2D eigenvalue weighted by molar-refractivity contribution is 6.80. The fraction of sp³-hybridized carbons (Fsp3) is 0.733. The number of hydrogen-bond donors (Lipinski definition) is 3. The lowest BCUT2D eigenvalue weighted by Gasteiger charge is -2.43. The average Bonchev–Trinajstić information content (AvgIpc) is 2.75. The summed E-state index contributed by atoms with van der Waals surface area (Å²) in [5, 5.41) is 21.1. The normalized spacial score (nSPS) is 29.7. The van der Waals surface area contributed by atoms with Crippen LogP contribution in [0, 0.1) is 0 Å². The van der Waals surface area contributed by atoms with Gasteiger partial charge >= 0.3 is 5.69 Å². The zero-order valence-corrected chi connectivity index (χ0v) is 17.3. The second-order valence-electron chi connectivity index (χ2n) is 8.74. The first-order valence-corrected chi connectivity index (χ1v) is 15.3. The molecule has 7 nitrogen and oxygen atoms in total. The van der Waals surface area contributed by atoms with Gasteiger partial charge in [-0.05, 0) is 6.07 Å². The lowest BCUT2D eigenvalue weighted by atomic mass is 10.1. The van der Waals surface area contributed by atoms with Gasteiger partial charge < -0.3 is 20.7 Å². The Kier molecular flexibility index (Phi) is 4.88. The molecule has 0 aromatic carbocycles. The van der Waals surface area contributed by atoms with Crippen LogP contribution in [0.3, 0.4) is 0 Å². The van der Waals surface area contributed by atoms with Crippen molar-refractivity contribution in [3.05, 3.63) is 22.7 Å². The van der Waals surface area contributed by atoms with Crippen LogP contribution in [0.4, 0.5) is 5.82 Å². The number of nitrogens with zero attached hydrogens (tertiary/aromatic N) is 2. The SMILES string of the molecule is C[Si](C)(C)C(O)[C@H]1O[C@@H](n2ccc(N)nc2=O)C[C@@]1(O)[Si](C)(C)C. The van der Waals surface area contributed by atoms with Crippen molar-refractivity contribution < 1.29 is 14.9 Å². The maximum Gasteiger partial charge on any atom is 0.351 e. The first kappa shape index (κ1) is 19.3. The molecule has 0 bridgehead atoms. The van der Waals surface area contributed by atoms with Crippen molar-refractivity contribution in [3.63, 3.8) is 0 Å². The van der Waals surface area contributed by atoms with Crippen molar-refractivity contribution in [1.82, 2.24) is 9.55 Å². The summed E-state index contributed by atoms with van der Waals surface area (Å²) in [6.45, 7) is 12.3. The van der Waals surface area contributed by atoms with Gasteiger partial charge in [0.2, 0.25) is 0 Å². The van der Waals surface area contributed by atoms with Crippen LogP contribution < -0.4 is 11.4 Å². The zero-order valence-electron chi connectivity index (χ0n) is 15.3. The van der Waals surface area contributed by atoms with Crippen molar-refractivity contribution in [2.45, 2.75) is 69.0 Å². The van der Waals surface area contributed by atoms with Gasteiger partial charge in [0.05, 0.1) is 27.1 Å². The van der Waals surface area contributed by atoms with Crippen LogP contribution in [0.15, 0.2) is 17.1 Å². The highest BCUT2D eigenvalue weighted by atomic mass is 28.3. The van der Waals surface area contributed by atoms with Gasteiger partial charge in [-0.15, -0.1) is 0 Å². The number of aromatic nitrogens is 2. The van der Waals surface area contributed by atoms with Crippen LogP contribution in [-0.2, 0) is 4.74 Å². The first-order valence-electron chi connectivity index (χ1n) is 8.18. The second-order valence-corrected chi connectivity index (χ2v) is 19.4. The predicted octanol–water partition coefficient (Wildman–Crippen LogP) is 0.960. The maximum atomic E-state index is 12.1. The highest BCUT2D eigenvalue weighted by Crippen LogP contribution is 2.44. The maximum absolute atomic E-state index is 12.1. The van der Waals surface area contributed by atoms with Crippen LogP contribution in [0.25, 0.3) is 0 Å². The third-order valence-electron chi connectivity index (χ3n) is 4.89. The first-order chi connectivity index (χ1) is 10.8. The summed E-state index contributed by atoms with van der Waals surface area (Å²) in [6.07, 6.45) is 0.438. The molecule has 1 unspecified atom stereocenters. The van der Waals surface area contributed by atoms with Crippen molar-refractivity contribution in [1.29, 1.82) is 0 Å². The summed E-state index contributed by atoms with van der Waals surface area (Å²) in [6, 6.07) is 1.53. The van der Waals surface area contributed by atoms with Crippen LogP contribution in [0.5, 0.6) is 0 Å². The number of nitrogens with two attached hydrogens (primary N) is 1. The lowest BCUT2D eigenvalue weighted by Crippen LogP contribution is -2.64. The van der Waals surface area contributed by atoms with Gasteiger partial charge in [-0.25, -0.2) is 4.79 Å². The van der Waals surface area contributed by atoms with Gasteiger partial charge in [0.1, 0.15) is 18.1 Å². The quantitative estimate of drug-likeness (QED) is 0.680. The minimum Gasteiger partial charge on any atom is -0.394 e. The predicted molar refractivity (Wildman–Crippen MR) is 99.1 cm³/mol. The molecule has 1 aliphatic rings. The van der Waals surface area contributed by atoms with Gasteiger partial charge in [0.15, 0.2) is 0 Å². The summed E-state index contributed by atoms with van der Waals surface area (Å²) in [5.41, 5.74) is 4.30. The third-order valence-corrected chi connectivity index (χ3v) is 10.1. The Hall–Kier alpha value is -1.01. The number of aliphatic hydroxyl groups is 2. The van der Waals surface area contributed by atoms with Crippen molar-refractivity contribution in [2.24, 2.45) is 0 Å². The standard InChI is InChI=1S/C15H29N3O4Si2/c1-23(2,3)13(19)12-15(21,24(4,5)6)9-11(22-12)18-8-7-10(16)17-14(18)20/h7-8,11-13,19,21H,9H2,1-6H3,(H2,16,17,20)/t11-,12-,13?,15-/m1/s1. The van der Waals surface area contributed by atoms with Gasteiger partial charge in [-0.3, -0.25) is 4.57 Å². The van der Waals surface area contributed by atoms with E-state index < -0.39 is 45.1 Å². The summed E-state index contributed by atoms with van der Waals surface area (Å²) < 4.78 is 7.40. The fourth-order valence-corrected chi connectivity index (χ4v) is 6.34. The summed E-state index contributed by atoms with van der Waals surface area (Å²) in [4.78, 5) is 15.9. The molecule has 2 rings (SSSR count). The Bertz CT molecular complexity index is 668. The van der Waals surface area contributed by atoms with Gasteiger partial charge in [0, 0.05) is 12.6 Å². The van der Waals surface area contributed by atoms with Crippen LogP contribution in [-0.4, -0.2) is 53.0 Å². The molecule has 4 N–H and O–H groups in total. The number of hydrogen-bond acceptors (Lipinski definition) is 6. The van der Waals surface area contributed by atoms with E-state index in [2.05, 4.69) is 4.98 Å². The van der Waals surface area contributed by atoms with E-state index in [1.165, 1.54) is 16.8 Å². The van der Waals surface area contributed by atoms with Crippen LogP contribution >= 0.6 is 0 Å². The Labute approximate surface area is 144 Å². The molecular weight excluding hydrogens is 342 g/mol. The third kappa shape index (κ3) is 3.36. The highest BCUT2D eigenvalue weighted by Gasteiger charge is 2.59. The monoisotopic (exact) mass is 371 g/mol. The van der Waals surface area contributed by atoms with Crippen molar-refractivity contribution in [3.8, 4) is 0 Å². The summed E-state index contributed by atoms with van der Waals surface area (Å²) in [5.74, 6) is 0.147. The second kappa shape index (κ2) is 6.06. The van der Waals surface area contributed by atoms with E-state index in [4.69, 9.17) is 10.5 Å². The lowest BCUT2D eigenvalue weighted by molar-refractivity contribution is -0.0744. The van der Waals surface area contributed by atoms with Gasteiger partial charge in [-0.1, -0.05) is 39.3 Å². The molecule has 2 heterocycles. The molecule has 9 heteroatoms. The Morgan fingerprint density at radius 3 is 2.42 bits per heavy atom. The average molecular weight is 372 g/mol. The number of nitrogen functional groups attached to an aromatic ring is 1. The van der Waals surface area contributed by atoms with Crippen molar-refractivity contribution in [2.75, 3.05) is 5.73 Å². The molecular formula is C15H29N3O4Si2. The van der Waals surface area contributed by atoms with Gasteiger partial charge in [-0.2, -0.15) is 4.98 Å². The van der Waals surface area contributed by atoms with Crippen molar-refractivity contribution >= 4 is 22.0 Å². The van der Waals surface area contributed by atoms with E-state index in [0.717, 1.165) is 0 Å². The smallest absolute Gasteiger partial charge is 0.351 e. The molecule has 1 fully saturated rings. The van der Waals surface area contributed by atoms with E-state index >= 15 is 0 Å². The Morgan fingerprint density at radius 1 is 1.38 bits per heavy atom. The molecule has 1 aliphatic heterocycles. The summed E-state index contributed by atoms with van der Waals surface area (Å²) >= 11 is 0. The molecule has 0 aliphatic carbocycles. The Morgan fingerprint density at radius 2 is 1.96 bits per heavy atom. The number of aliphatic hydroxyl groups excluding tert-OH is 1. The number of anilines is 1. The largest absolute Gasteiger partial charge is 0.394 e. The molecule has 1 saturated heterocycles. The minimum atomic E-state index is -2.12.